The molecule has 0 N–H and O–H groups in total. The predicted octanol–water partition coefficient (Wildman–Crippen LogP) is 16.6. The molecule has 2 heterocycles. The molecule has 4 atom stereocenters. The van der Waals surface area contributed by atoms with Crippen molar-refractivity contribution in [3.8, 4) is 22.3 Å². The van der Waals surface area contributed by atoms with Crippen molar-refractivity contribution in [2.75, 3.05) is 9.80 Å². The fraction of sp³-hybridized carbons (Fsp3) is 0.171. The minimum absolute atomic E-state index is 0.0410. The van der Waals surface area contributed by atoms with Crippen LogP contribution >= 0.6 is 0 Å². The van der Waals surface area contributed by atoms with Crippen LogP contribution in [0.15, 0.2) is 212 Å². The second kappa shape index (κ2) is 15.3. The standard InChI is InChI=1S/C70H57BN2/c1-69(2,3)60-40-62-67(56-30-17-15-28-54(56)60)72(42-34-36-52-48-24-9-7-20-44(48)46-22-11-13-26-50(46)58(52)38-42)64-32-19-33-65-66(64)71(62)63-41-61(70(4,5)6)55-29-16-18-31-57(55)68(63)73(65)43-35-37-53-49-25-10-8-21-45(49)47-23-12-14-27-51(47)59(53)39-43/h7-41,46-47,50-51H,1-6H3. The monoisotopic (exact) mass is 936 g/mol. The fourth-order valence-electron chi connectivity index (χ4n) is 14.3. The number of allylic oxidation sites excluding steroid dienone is 8. The summed E-state index contributed by atoms with van der Waals surface area (Å²) in [5.41, 5.74) is 25.0. The molecule has 0 saturated carbocycles. The van der Waals surface area contributed by atoms with Crippen molar-refractivity contribution in [2.45, 2.75) is 76.0 Å². The summed E-state index contributed by atoms with van der Waals surface area (Å²) in [7, 11) is 0. The van der Waals surface area contributed by atoms with Crippen molar-refractivity contribution in [1.29, 1.82) is 0 Å². The summed E-state index contributed by atoms with van der Waals surface area (Å²) in [6.07, 6.45) is 18.7. The van der Waals surface area contributed by atoms with Crippen LogP contribution in [0.1, 0.15) is 98.6 Å². The van der Waals surface area contributed by atoms with Crippen LogP contribution < -0.4 is 26.2 Å². The smallest absolute Gasteiger partial charge is 0.252 e. The Balaban J connectivity index is 1.05. The Morgan fingerprint density at radius 2 is 0.726 bits per heavy atom. The molecule has 6 aliphatic rings. The van der Waals surface area contributed by atoms with Gasteiger partial charge in [0.1, 0.15) is 0 Å². The van der Waals surface area contributed by atoms with Crippen molar-refractivity contribution >= 4 is 78.8 Å². The first-order chi connectivity index (χ1) is 35.5. The maximum absolute atomic E-state index is 2.67. The van der Waals surface area contributed by atoms with Crippen LogP contribution in [0.3, 0.4) is 0 Å². The number of rotatable bonds is 2. The Morgan fingerprint density at radius 3 is 1.15 bits per heavy atom. The molecule has 350 valence electrons. The van der Waals surface area contributed by atoms with E-state index in [1.807, 2.05) is 0 Å². The van der Waals surface area contributed by atoms with Gasteiger partial charge >= 0.3 is 0 Å². The third-order valence-corrected chi connectivity index (χ3v) is 17.4. The van der Waals surface area contributed by atoms with Gasteiger partial charge in [-0.3, -0.25) is 0 Å². The minimum atomic E-state index is -0.111. The van der Waals surface area contributed by atoms with E-state index >= 15 is 0 Å². The van der Waals surface area contributed by atoms with Crippen molar-refractivity contribution in [3.05, 3.63) is 246 Å². The Hall–Kier alpha value is -7.88. The van der Waals surface area contributed by atoms with E-state index in [-0.39, 0.29) is 29.4 Å². The summed E-state index contributed by atoms with van der Waals surface area (Å²) in [5.74, 6) is 1.07. The largest absolute Gasteiger partial charge is 0.311 e. The third kappa shape index (κ3) is 6.06. The van der Waals surface area contributed by atoms with E-state index in [4.69, 9.17) is 0 Å². The summed E-state index contributed by atoms with van der Waals surface area (Å²) in [6.45, 7) is 14.3. The van der Waals surface area contributed by atoms with Crippen LogP contribution in [-0.4, -0.2) is 6.71 Å². The summed E-state index contributed by atoms with van der Waals surface area (Å²) >= 11 is 0. The molecule has 0 fully saturated rings. The van der Waals surface area contributed by atoms with Crippen molar-refractivity contribution in [1.82, 2.24) is 0 Å². The maximum Gasteiger partial charge on any atom is 0.252 e. The van der Waals surface area contributed by atoms with E-state index < -0.39 is 0 Å². The van der Waals surface area contributed by atoms with Gasteiger partial charge in [-0.2, -0.15) is 0 Å². The van der Waals surface area contributed by atoms with Gasteiger partial charge in [0.05, 0.1) is 0 Å². The number of nitrogens with zero attached hydrogens (tertiary/aromatic N) is 2. The van der Waals surface area contributed by atoms with Crippen LogP contribution in [0.4, 0.5) is 34.1 Å². The molecule has 0 amide bonds. The highest BCUT2D eigenvalue weighted by atomic mass is 15.2. The average Bonchev–Trinajstić information content (AvgIpc) is 3.42. The number of anilines is 6. The molecular weight excluding hydrogens is 880 g/mol. The Morgan fingerprint density at radius 1 is 0.356 bits per heavy atom. The summed E-state index contributed by atoms with van der Waals surface area (Å²) in [4.78, 5) is 5.33. The second-order valence-corrected chi connectivity index (χ2v) is 23.5. The molecular formula is C70H57BN2. The van der Waals surface area contributed by atoms with E-state index in [1.54, 1.807) is 0 Å². The normalized spacial score (nSPS) is 19.3. The van der Waals surface area contributed by atoms with Gasteiger partial charge in [0.15, 0.2) is 0 Å². The molecule has 4 aliphatic carbocycles. The second-order valence-electron chi connectivity index (χ2n) is 23.5. The number of benzene rings is 9. The molecule has 9 aromatic carbocycles. The van der Waals surface area contributed by atoms with E-state index in [9.17, 15) is 0 Å². The van der Waals surface area contributed by atoms with Gasteiger partial charge in [0.25, 0.3) is 6.71 Å². The van der Waals surface area contributed by atoms with Crippen molar-refractivity contribution in [2.24, 2.45) is 0 Å². The van der Waals surface area contributed by atoms with Gasteiger partial charge in [-0.05, 0) is 130 Å². The highest BCUT2D eigenvalue weighted by molar-refractivity contribution is 7.00. The maximum atomic E-state index is 2.67. The van der Waals surface area contributed by atoms with Crippen LogP contribution in [0.2, 0.25) is 0 Å². The molecule has 0 aromatic heterocycles. The average molecular weight is 937 g/mol. The lowest BCUT2D eigenvalue weighted by Crippen LogP contribution is -2.61. The lowest BCUT2D eigenvalue weighted by Gasteiger charge is -2.46. The van der Waals surface area contributed by atoms with Gasteiger partial charge in [-0.1, -0.05) is 218 Å². The molecule has 15 rings (SSSR count). The van der Waals surface area contributed by atoms with Crippen molar-refractivity contribution in [3.63, 3.8) is 0 Å². The molecule has 2 nitrogen and oxygen atoms in total. The summed E-state index contributed by atoms with van der Waals surface area (Å²) < 4.78 is 0. The number of fused-ring (bicyclic) bond motifs is 20. The first kappa shape index (κ1) is 42.8. The number of hydrogen-bond acceptors (Lipinski definition) is 2. The molecule has 0 radical (unpaired) electrons. The molecule has 0 saturated heterocycles. The Kier molecular flexibility index (Phi) is 8.98. The molecule has 9 aromatic rings. The molecule has 73 heavy (non-hydrogen) atoms. The van der Waals surface area contributed by atoms with E-state index in [1.165, 1.54) is 128 Å². The zero-order valence-corrected chi connectivity index (χ0v) is 42.5. The third-order valence-electron chi connectivity index (χ3n) is 17.4. The van der Waals surface area contributed by atoms with E-state index in [0.29, 0.717) is 11.8 Å². The summed E-state index contributed by atoms with van der Waals surface area (Å²) in [6, 6.07) is 63.9. The molecule has 0 bridgehead atoms. The van der Waals surface area contributed by atoms with Crippen LogP contribution in [-0.2, 0) is 10.8 Å². The van der Waals surface area contributed by atoms with Crippen LogP contribution in [0.25, 0.3) is 43.8 Å². The lowest BCUT2D eigenvalue weighted by atomic mass is 9.33. The van der Waals surface area contributed by atoms with Gasteiger partial charge in [-0.25, -0.2) is 0 Å². The predicted molar refractivity (Wildman–Crippen MR) is 311 cm³/mol. The topological polar surface area (TPSA) is 6.48 Å². The summed E-state index contributed by atoms with van der Waals surface area (Å²) in [5, 5.41) is 5.22. The Bertz CT molecular complexity index is 3740. The van der Waals surface area contributed by atoms with E-state index in [0.717, 1.165) is 0 Å². The quantitative estimate of drug-likeness (QED) is 0.159. The van der Waals surface area contributed by atoms with Crippen LogP contribution in [0, 0.1) is 0 Å². The van der Waals surface area contributed by atoms with Crippen LogP contribution in [0.5, 0.6) is 0 Å². The first-order valence-electron chi connectivity index (χ1n) is 26.5. The SMILES string of the molecule is CC(C)(C)c1cc2c(c3ccccc13)N(c1ccc3c(c1)C1C=CC=CC1c1ccccc1-3)c1cccc3c1B2c1cc(C(C)(C)C)c2ccccc2c1N3c1ccc2c(c1)C1C=CC=CC1c1ccccc1-2. The molecule has 2 aliphatic heterocycles. The van der Waals surface area contributed by atoms with Gasteiger partial charge in [0, 0.05) is 68.6 Å². The van der Waals surface area contributed by atoms with Crippen molar-refractivity contribution < 1.29 is 0 Å². The highest BCUT2D eigenvalue weighted by Crippen LogP contribution is 2.55. The highest BCUT2D eigenvalue weighted by Gasteiger charge is 2.47. The first-order valence-corrected chi connectivity index (χ1v) is 26.5. The van der Waals surface area contributed by atoms with E-state index in [2.05, 4.69) is 264 Å². The lowest BCUT2D eigenvalue weighted by molar-refractivity contribution is 0.596. The zero-order valence-electron chi connectivity index (χ0n) is 42.5. The van der Waals surface area contributed by atoms with Gasteiger partial charge < -0.3 is 9.80 Å². The number of hydrogen-bond donors (Lipinski definition) is 0. The van der Waals surface area contributed by atoms with Gasteiger partial charge in [0.2, 0.25) is 0 Å². The Labute approximate surface area is 430 Å². The minimum Gasteiger partial charge on any atom is -0.311 e. The fourth-order valence-corrected chi connectivity index (χ4v) is 14.3. The molecule has 0 spiro atoms. The molecule has 3 heteroatoms. The van der Waals surface area contributed by atoms with Gasteiger partial charge in [-0.15, -0.1) is 0 Å². The molecule has 4 unspecified atom stereocenters. The zero-order chi connectivity index (χ0) is 49.1.